The van der Waals surface area contributed by atoms with Crippen LogP contribution in [0.1, 0.15) is 12.8 Å². The van der Waals surface area contributed by atoms with Gasteiger partial charge in [-0.3, -0.25) is 4.90 Å². The number of halogens is 1. The van der Waals surface area contributed by atoms with Crippen LogP contribution >= 0.6 is 0 Å². The summed E-state index contributed by atoms with van der Waals surface area (Å²) in [6.45, 7) is 9.36. The minimum atomic E-state index is -0.807. The molecule has 0 aliphatic carbocycles. The number of likely N-dealkylation sites (N-methyl/N-ethyl adjacent to an activating group) is 2. The van der Waals surface area contributed by atoms with Crippen LogP contribution in [0.5, 0.6) is 0 Å². The first-order chi connectivity index (χ1) is 11.0. The summed E-state index contributed by atoms with van der Waals surface area (Å²) in [4.78, 5) is 9.37. The summed E-state index contributed by atoms with van der Waals surface area (Å²) in [6.07, 6.45) is 1.58. The molecule has 3 unspecified atom stereocenters. The van der Waals surface area contributed by atoms with E-state index in [1.54, 1.807) is 0 Å². The van der Waals surface area contributed by atoms with Gasteiger partial charge < -0.3 is 20.4 Å². The monoisotopic (exact) mass is 327 g/mol. The normalized spacial score (nSPS) is 37.3. The Hall–Kier alpha value is -0.270. The van der Waals surface area contributed by atoms with E-state index in [0.29, 0.717) is 6.54 Å². The van der Waals surface area contributed by atoms with Gasteiger partial charge in [-0.2, -0.15) is 0 Å². The number of alkyl halides is 1. The summed E-state index contributed by atoms with van der Waals surface area (Å²) in [6, 6.07) is -0.131. The van der Waals surface area contributed by atoms with Gasteiger partial charge in [0.1, 0.15) is 6.17 Å². The maximum atomic E-state index is 14.5. The topological polar surface area (TPSA) is 39.0 Å². The highest BCUT2D eigenvalue weighted by Crippen LogP contribution is 2.25. The second kappa shape index (κ2) is 7.74. The fourth-order valence-electron chi connectivity index (χ4n) is 4.55. The van der Waals surface area contributed by atoms with Gasteiger partial charge in [-0.05, 0) is 45.9 Å². The van der Waals surface area contributed by atoms with Crippen molar-refractivity contribution in [1.82, 2.24) is 19.6 Å². The third-order valence-corrected chi connectivity index (χ3v) is 6.00. The molecule has 0 saturated carbocycles. The van der Waals surface area contributed by atoms with E-state index in [4.69, 9.17) is 5.73 Å². The Morgan fingerprint density at radius 2 is 1.57 bits per heavy atom. The first kappa shape index (κ1) is 17.5. The van der Waals surface area contributed by atoms with E-state index in [2.05, 4.69) is 21.7 Å². The van der Waals surface area contributed by atoms with Gasteiger partial charge in [0, 0.05) is 51.9 Å². The third-order valence-electron chi connectivity index (χ3n) is 6.00. The number of piperazine rings is 1. The van der Waals surface area contributed by atoms with Crippen LogP contribution in [0.15, 0.2) is 0 Å². The van der Waals surface area contributed by atoms with Crippen LogP contribution in [-0.4, -0.2) is 111 Å². The summed E-state index contributed by atoms with van der Waals surface area (Å²) in [7, 11) is 4.17. The molecule has 5 nitrogen and oxygen atoms in total. The Morgan fingerprint density at radius 3 is 2.17 bits per heavy atom. The average molecular weight is 327 g/mol. The highest BCUT2D eigenvalue weighted by molar-refractivity contribution is 4.96. The molecule has 0 amide bonds. The number of hydrogen-bond acceptors (Lipinski definition) is 5. The number of hydrogen-bond donors (Lipinski definition) is 1. The van der Waals surface area contributed by atoms with Crippen molar-refractivity contribution in [3.63, 3.8) is 0 Å². The highest BCUT2D eigenvalue weighted by atomic mass is 19.1. The molecule has 3 saturated heterocycles. The van der Waals surface area contributed by atoms with Gasteiger partial charge in [0.2, 0.25) is 0 Å². The predicted molar refractivity (Wildman–Crippen MR) is 92.4 cm³/mol. The van der Waals surface area contributed by atoms with Crippen LogP contribution in [0.3, 0.4) is 0 Å². The third kappa shape index (κ3) is 4.42. The zero-order valence-electron chi connectivity index (χ0n) is 14.8. The van der Waals surface area contributed by atoms with Crippen molar-refractivity contribution in [2.75, 3.05) is 73.0 Å². The molecule has 0 aromatic heterocycles. The van der Waals surface area contributed by atoms with Gasteiger partial charge in [0.05, 0.1) is 6.04 Å². The maximum Gasteiger partial charge on any atom is 0.130 e. The minimum absolute atomic E-state index is 0.0575. The Balaban J connectivity index is 1.45. The maximum absolute atomic E-state index is 14.5. The Morgan fingerprint density at radius 1 is 0.913 bits per heavy atom. The van der Waals surface area contributed by atoms with Gasteiger partial charge in [0.25, 0.3) is 0 Å². The van der Waals surface area contributed by atoms with Gasteiger partial charge in [-0.1, -0.05) is 0 Å². The summed E-state index contributed by atoms with van der Waals surface area (Å²) in [5, 5.41) is 0. The number of nitrogens with zero attached hydrogens (tertiary/aromatic N) is 4. The first-order valence-corrected chi connectivity index (χ1v) is 9.26. The van der Waals surface area contributed by atoms with Crippen molar-refractivity contribution in [1.29, 1.82) is 0 Å². The second-order valence-corrected chi connectivity index (χ2v) is 7.97. The molecule has 3 aliphatic rings. The number of nitrogens with two attached hydrogens (primary N) is 1. The molecular weight excluding hydrogens is 293 g/mol. The lowest BCUT2D eigenvalue weighted by Gasteiger charge is -2.46. The van der Waals surface area contributed by atoms with Crippen LogP contribution in [0.2, 0.25) is 0 Å². The zero-order chi connectivity index (χ0) is 16.4. The lowest BCUT2D eigenvalue weighted by molar-refractivity contribution is 0.00685. The zero-order valence-corrected chi connectivity index (χ0v) is 14.8. The van der Waals surface area contributed by atoms with Crippen molar-refractivity contribution < 1.29 is 4.39 Å². The molecule has 134 valence electrons. The quantitative estimate of drug-likeness (QED) is 0.785. The molecule has 3 atom stereocenters. The Kier molecular flexibility index (Phi) is 5.91. The molecule has 2 N–H and O–H groups in total. The van der Waals surface area contributed by atoms with Crippen molar-refractivity contribution in [2.24, 2.45) is 11.7 Å². The summed E-state index contributed by atoms with van der Waals surface area (Å²) in [5.74, 6) is 0.773. The molecule has 3 rings (SSSR count). The van der Waals surface area contributed by atoms with Crippen LogP contribution < -0.4 is 5.73 Å². The Bertz CT molecular complexity index is 354. The first-order valence-electron chi connectivity index (χ1n) is 9.26. The van der Waals surface area contributed by atoms with Crippen LogP contribution in [-0.2, 0) is 0 Å². The molecule has 0 aromatic rings. The molecule has 0 spiro atoms. The molecule has 0 aromatic carbocycles. The Labute approximate surface area is 140 Å². The van der Waals surface area contributed by atoms with Crippen LogP contribution in [0.25, 0.3) is 0 Å². The van der Waals surface area contributed by atoms with E-state index in [0.717, 1.165) is 25.6 Å². The molecular formula is C17H34FN5. The average Bonchev–Trinajstić information content (AvgIpc) is 2.50. The molecule has 23 heavy (non-hydrogen) atoms. The largest absolute Gasteiger partial charge is 0.325 e. The fraction of sp³-hybridized carbons (Fsp3) is 1.00. The van der Waals surface area contributed by atoms with Crippen molar-refractivity contribution in [3.05, 3.63) is 0 Å². The van der Waals surface area contributed by atoms with E-state index in [1.807, 2.05) is 11.9 Å². The smallest absolute Gasteiger partial charge is 0.130 e. The van der Waals surface area contributed by atoms with Crippen molar-refractivity contribution in [3.8, 4) is 0 Å². The second-order valence-electron chi connectivity index (χ2n) is 7.97. The molecule has 3 heterocycles. The van der Waals surface area contributed by atoms with Gasteiger partial charge in [0.15, 0.2) is 0 Å². The number of rotatable bonds is 3. The van der Waals surface area contributed by atoms with E-state index in [-0.39, 0.29) is 12.1 Å². The SMILES string of the molecule is CN1CCN(CC2CCN(C3C(N)CN(C)CC3F)CC2)CC1. The lowest BCUT2D eigenvalue weighted by atomic mass is 9.90. The highest BCUT2D eigenvalue weighted by Gasteiger charge is 2.39. The number of piperidine rings is 2. The van der Waals surface area contributed by atoms with Gasteiger partial charge >= 0.3 is 0 Å². The molecule has 3 aliphatic heterocycles. The molecule has 0 bridgehead atoms. The van der Waals surface area contributed by atoms with Crippen molar-refractivity contribution in [2.45, 2.75) is 31.1 Å². The van der Waals surface area contributed by atoms with Crippen LogP contribution in [0, 0.1) is 5.92 Å². The fourth-order valence-corrected chi connectivity index (χ4v) is 4.55. The van der Waals surface area contributed by atoms with Crippen molar-refractivity contribution >= 4 is 0 Å². The van der Waals surface area contributed by atoms with E-state index >= 15 is 0 Å². The van der Waals surface area contributed by atoms with Gasteiger partial charge in [-0.25, -0.2) is 4.39 Å². The van der Waals surface area contributed by atoms with Gasteiger partial charge in [-0.15, -0.1) is 0 Å². The standard InChI is InChI=1S/C17H34FN5/c1-20-7-9-22(10-8-20)11-14-3-5-23(6-4-14)17-15(18)12-21(2)13-16(17)19/h14-17H,3-13,19H2,1-2H3. The van der Waals surface area contributed by atoms with Crippen LogP contribution in [0.4, 0.5) is 4.39 Å². The van der Waals surface area contributed by atoms with E-state index in [1.165, 1.54) is 45.6 Å². The molecule has 3 fully saturated rings. The summed E-state index contributed by atoms with van der Waals surface area (Å²) < 4.78 is 14.5. The number of likely N-dealkylation sites (tertiary alicyclic amines) is 2. The predicted octanol–water partition coefficient (Wildman–Crippen LogP) is -0.0748. The molecule has 6 heteroatoms. The minimum Gasteiger partial charge on any atom is -0.325 e. The lowest BCUT2D eigenvalue weighted by Crippen LogP contribution is -2.64. The van der Waals surface area contributed by atoms with E-state index < -0.39 is 6.17 Å². The van der Waals surface area contributed by atoms with E-state index in [9.17, 15) is 4.39 Å². The summed E-state index contributed by atoms with van der Waals surface area (Å²) >= 11 is 0. The summed E-state index contributed by atoms with van der Waals surface area (Å²) in [5.41, 5.74) is 6.25. The molecule has 0 radical (unpaired) electrons.